The number of hydrogen-bond donors (Lipinski definition) is 1. The Balaban J connectivity index is 2.22. The van der Waals surface area contributed by atoms with Crippen LogP contribution < -0.4 is 5.32 Å². The molecule has 0 aromatic heterocycles. The Morgan fingerprint density at radius 1 is 1.22 bits per heavy atom. The number of aliphatic imine (C=N–C) groups is 1. The van der Waals surface area contributed by atoms with Crippen LogP contribution in [0.1, 0.15) is 27.2 Å². The zero-order chi connectivity index (χ0) is 17.1. The fraction of sp³-hybridized carbons (Fsp3) is 0.875. The molecule has 0 aromatic rings. The zero-order valence-corrected chi connectivity index (χ0v) is 15.0. The van der Waals surface area contributed by atoms with Crippen LogP contribution in [0.2, 0.25) is 0 Å². The molecule has 1 aliphatic heterocycles. The minimum absolute atomic E-state index is 0.225. The van der Waals surface area contributed by atoms with Gasteiger partial charge in [-0.05, 0) is 19.3 Å². The second-order valence-corrected chi connectivity index (χ2v) is 5.97. The van der Waals surface area contributed by atoms with E-state index in [0.29, 0.717) is 25.6 Å². The highest BCUT2D eigenvalue weighted by atomic mass is 16.6. The number of guanidine groups is 1. The summed E-state index contributed by atoms with van der Waals surface area (Å²) >= 11 is 0. The summed E-state index contributed by atoms with van der Waals surface area (Å²) < 4.78 is 10.6. The van der Waals surface area contributed by atoms with E-state index in [1.165, 1.54) is 0 Å². The van der Waals surface area contributed by atoms with Crippen molar-refractivity contribution >= 4 is 12.1 Å². The molecule has 1 fully saturated rings. The lowest BCUT2D eigenvalue weighted by atomic mass is 10.2. The lowest BCUT2D eigenvalue weighted by Crippen LogP contribution is -2.54. The van der Waals surface area contributed by atoms with Crippen LogP contribution in [0.5, 0.6) is 0 Å². The molecule has 0 spiro atoms. The summed E-state index contributed by atoms with van der Waals surface area (Å²) in [6.45, 7) is 11.8. The van der Waals surface area contributed by atoms with Gasteiger partial charge in [0.1, 0.15) is 0 Å². The first-order valence-electron chi connectivity index (χ1n) is 8.53. The Hall–Kier alpha value is -1.50. The van der Waals surface area contributed by atoms with Crippen LogP contribution >= 0.6 is 0 Å². The number of rotatable bonds is 7. The number of ether oxygens (including phenoxy) is 2. The average Bonchev–Trinajstić information content (AvgIpc) is 2.54. The summed E-state index contributed by atoms with van der Waals surface area (Å²) in [5.74, 6) is 1.46. The molecule has 0 aromatic carbocycles. The number of hydrogen-bond acceptors (Lipinski definition) is 4. The highest BCUT2D eigenvalue weighted by Crippen LogP contribution is 2.04. The maximum atomic E-state index is 11.7. The molecule has 1 saturated heterocycles. The topological polar surface area (TPSA) is 66.4 Å². The highest BCUT2D eigenvalue weighted by molar-refractivity contribution is 5.80. The van der Waals surface area contributed by atoms with Gasteiger partial charge in [0.05, 0.1) is 6.61 Å². The molecule has 0 unspecified atom stereocenters. The largest absolute Gasteiger partial charge is 0.450 e. The Bertz CT molecular complexity index is 366. The summed E-state index contributed by atoms with van der Waals surface area (Å²) in [5, 5.41) is 3.36. The van der Waals surface area contributed by atoms with E-state index in [2.05, 4.69) is 29.1 Å². The molecule has 1 aliphatic rings. The smallest absolute Gasteiger partial charge is 0.409 e. The Kier molecular flexibility index (Phi) is 9.43. The number of nitrogens with one attached hydrogen (secondary N) is 1. The molecular weight excluding hydrogens is 296 g/mol. The van der Waals surface area contributed by atoms with E-state index in [9.17, 15) is 4.79 Å². The number of carbonyl (C=O) groups excluding carboxylic acids is 1. The van der Waals surface area contributed by atoms with E-state index < -0.39 is 0 Å². The third kappa shape index (κ3) is 7.54. The van der Waals surface area contributed by atoms with Crippen LogP contribution in [-0.4, -0.2) is 81.4 Å². The number of carbonyl (C=O) groups is 1. The van der Waals surface area contributed by atoms with Crippen molar-refractivity contribution in [2.24, 2.45) is 10.9 Å². The molecule has 7 nitrogen and oxygen atoms in total. The first kappa shape index (κ1) is 19.5. The van der Waals surface area contributed by atoms with Gasteiger partial charge in [-0.3, -0.25) is 4.99 Å². The molecule has 0 radical (unpaired) electrons. The van der Waals surface area contributed by atoms with Gasteiger partial charge in [-0.1, -0.05) is 13.8 Å². The predicted octanol–water partition coefficient (Wildman–Crippen LogP) is 1.40. The van der Waals surface area contributed by atoms with Crippen molar-refractivity contribution in [3.63, 3.8) is 0 Å². The Morgan fingerprint density at radius 2 is 1.87 bits per heavy atom. The maximum Gasteiger partial charge on any atom is 0.409 e. The predicted molar refractivity (Wildman–Crippen MR) is 91.8 cm³/mol. The molecule has 1 rings (SSSR count). The zero-order valence-electron chi connectivity index (χ0n) is 15.0. The second-order valence-electron chi connectivity index (χ2n) is 5.97. The van der Waals surface area contributed by atoms with Crippen LogP contribution in [0.25, 0.3) is 0 Å². The first-order valence-corrected chi connectivity index (χ1v) is 8.53. The molecule has 0 atom stereocenters. The third-order valence-corrected chi connectivity index (χ3v) is 3.52. The van der Waals surface area contributed by atoms with Crippen LogP contribution in [0.3, 0.4) is 0 Å². The van der Waals surface area contributed by atoms with Crippen molar-refractivity contribution in [3.8, 4) is 0 Å². The van der Waals surface area contributed by atoms with E-state index in [0.717, 1.165) is 45.2 Å². The van der Waals surface area contributed by atoms with Crippen molar-refractivity contribution in [2.45, 2.75) is 27.2 Å². The van der Waals surface area contributed by atoms with Crippen LogP contribution in [0.4, 0.5) is 4.79 Å². The standard InChI is InChI=1S/C16H32N4O3/c1-5-23-16(21)20-10-8-19(9-11-20)15(17-4)18-7-6-12-22-13-14(2)3/h14H,5-13H2,1-4H3,(H,17,18). The Morgan fingerprint density at radius 3 is 2.43 bits per heavy atom. The fourth-order valence-corrected chi connectivity index (χ4v) is 2.34. The quantitative estimate of drug-likeness (QED) is 0.435. The average molecular weight is 328 g/mol. The number of piperazine rings is 1. The normalized spacial score (nSPS) is 16.0. The van der Waals surface area contributed by atoms with Gasteiger partial charge in [-0.25, -0.2) is 4.79 Å². The fourth-order valence-electron chi connectivity index (χ4n) is 2.34. The van der Waals surface area contributed by atoms with Crippen molar-refractivity contribution in [2.75, 3.05) is 59.6 Å². The lowest BCUT2D eigenvalue weighted by molar-refractivity contribution is 0.0912. The van der Waals surface area contributed by atoms with Crippen molar-refractivity contribution in [1.29, 1.82) is 0 Å². The minimum atomic E-state index is -0.225. The molecule has 1 amide bonds. The highest BCUT2D eigenvalue weighted by Gasteiger charge is 2.23. The van der Waals surface area contributed by atoms with E-state index in [1.807, 2.05) is 6.92 Å². The summed E-state index contributed by atoms with van der Waals surface area (Å²) in [6, 6.07) is 0. The second kappa shape index (κ2) is 11.1. The number of amides is 1. The molecule has 7 heteroatoms. The van der Waals surface area contributed by atoms with E-state index in [4.69, 9.17) is 9.47 Å². The molecule has 0 bridgehead atoms. The van der Waals surface area contributed by atoms with Gasteiger partial charge in [0.15, 0.2) is 5.96 Å². The van der Waals surface area contributed by atoms with Crippen LogP contribution in [0, 0.1) is 5.92 Å². The molecule has 0 saturated carbocycles. The summed E-state index contributed by atoms with van der Waals surface area (Å²) in [4.78, 5) is 19.9. The van der Waals surface area contributed by atoms with Gasteiger partial charge in [-0.2, -0.15) is 0 Å². The molecular formula is C16H32N4O3. The van der Waals surface area contributed by atoms with E-state index >= 15 is 0 Å². The van der Waals surface area contributed by atoms with E-state index in [-0.39, 0.29) is 6.09 Å². The van der Waals surface area contributed by atoms with Crippen molar-refractivity contribution in [3.05, 3.63) is 0 Å². The van der Waals surface area contributed by atoms with Gasteiger partial charge < -0.3 is 24.6 Å². The SMILES string of the molecule is CCOC(=O)N1CCN(C(=NC)NCCCOCC(C)C)CC1. The van der Waals surface area contributed by atoms with Crippen LogP contribution in [-0.2, 0) is 9.47 Å². The van der Waals surface area contributed by atoms with E-state index in [1.54, 1.807) is 11.9 Å². The van der Waals surface area contributed by atoms with Gasteiger partial charge in [-0.15, -0.1) is 0 Å². The Labute approximate surface area is 140 Å². The molecule has 1 heterocycles. The molecule has 1 N–H and O–H groups in total. The van der Waals surface area contributed by atoms with Gasteiger partial charge in [0.2, 0.25) is 0 Å². The van der Waals surface area contributed by atoms with Gasteiger partial charge in [0, 0.05) is 53.0 Å². The van der Waals surface area contributed by atoms with Crippen LogP contribution in [0.15, 0.2) is 4.99 Å². The summed E-state index contributed by atoms with van der Waals surface area (Å²) in [5.41, 5.74) is 0. The summed E-state index contributed by atoms with van der Waals surface area (Å²) in [7, 11) is 1.79. The lowest BCUT2D eigenvalue weighted by Gasteiger charge is -2.35. The minimum Gasteiger partial charge on any atom is -0.450 e. The summed E-state index contributed by atoms with van der Waals surface area (Å²) in [6.07, 6.45) is 0.728. The number of nitrogens with zero attached hydrogens (tertiary/aromatic N) is 3. The molecule has 134 valence electrons. The van der Waals surface area contributed by atoms with Crippen molar-refractivity contribution in [1.82, 2.24) is 15.1 Å². The third-order valence-electron chi connectivity index (χ3n) is 3.52. The van der Waals surface area contributed by atoms with Crippen molar-refractivity contribution < 1.29 is 14.3 Å². The first-order chi connectivity index (χ1) is 11.1. The van der Waals surface area contributed by atoms with Gasteiger partial charge in [0.25, 0.3) is 0 Å². The maximum absolute atomic E-state index is 11.7. The van der Waals surface area contributed by atoms with Gasteiger partial charge >= 0.3 is 6.09 Å². The molecule has 0 aliphatic carbocycles. The monoisotopic (exact) mass is 328 g/mol. The molecule has 23 heavy (non-hydrogen) atoms.